The molecule has 2 rings (SSSR count). The minimum absolute atomic E-state index is 0.0194. The summed E-state index contributed by atoms with van der Waals surface area (Å²) in [7, 11) is -3.01. The molecule has 0 aliphatic carbocycles. The molecule has 0 aliphatic rings. The fraction of sp³-hybridized carbons (Fsp3) is 0.143. The lowest BCUT2D eigenvalue weighted by Crippen LogP contribution is -2.08. The van der Waals surface area contributed by atoms with E-state index < -0.39 is 34.6 Å². The molecular weight excluding hydrogens is 375 g/mol. The summed E-state index contributed by atoms with van der Waals surface area (Å²) in [6.45, 7) is 1.70. The molecule has 0 spiro atoms. The summed E-state index contributed by atoms with van der Waals surface area (Å²) in [5.74, 6) is -0.122. The highest BCUT2D eigenvalue weighted by Gasteiger charge is 2.33. The number of nitrogens with zero attached hydrogens (tertiary/aromatic N) is 2. The lowest BCUT2D eigenvalue weighted by Gasteiger charge is -2.10. The second-order valence-corrected chi connectivity index (χ2v) is 6.27. The Bertz CT molecular complexity index is 888. The zero-order valence-corrected chi connectivity index (χ0v) is 14.4. The summed E-state index contributed by atoms with van der Waals surface area (Å²) in [6, 6.07) is 5.93. The van der Waals surface area contributed by atoms with E-state index in [4.69, 9.17) is 16.3 Å². The quantitative estimate of drug-likeness (QED) is 0.453. The van der Waals surface area contributed by atoms with Gasteiger partial charge in [-0.3, -0.25) is 20.2 Å². The van der Waals surface area contributed by atoms with E-state index in [2.05, 4.69) is 0 Å². The summed E-state index contributed by atoms with van der Waals surface area (Å²) >= 11 is 5.74. The fourth-order valence-electron chi connectivity index (χ4n) is 2.11. The van der Waals surface area contributed by atoms with Gasteiger partial charge in [-0.2, -0.15) is 4.89 Å². The number of benzene rings is 2. The van der Waals surface area contributed by atoms with Gasteiger partial charge >= 0.3 is 24.7 Å². The van der Waals surface area contributed by atoms with Crippen molar-refractivity contribution in [2.75, 3.05) is 0 Å². The van der Waals surface area contributed by atoms with Crippen molar-refractivity contribution in [2.45, 2.75) is 13.3 Å². The SMILES string of the molecule is CCc1cc([N+](=O)[O-])c([P+](=O)O)cc1Oc1ccc(Cl)cc1[N+](=O)[O-]. The average Bonchev–Trinajstić information content (AvgIpc) is 2.55. The van der Waals surface area contributed by atoms with Crippen molar-refractivity contribution in [1.29, 1.82) is 0 Å². The first-order valence-electron chi connectivity index (χ1n) is 6.83. The molecule has 0 saturated carbocycles. The number of halogens is 1. The van der Waals surface area contributed by atoms with Crippen LogP contribution in [0, 0.1) is 20.2 Å². The zero-order chi connectivity index (χ0) is 18.7. The zero-order valence-electron chi connectivity index (χ0n) is 12.7. The largest absolute Gasteiger partial charge is 0.553 e. The van der Waals surface area contributed by atoms with Gasteiger partial charge in [0.1, 0.15) is 5.75 Å². The molecule has 0 saturated heterocycles. The topological polar surface area (TPSA) is 133 Å². The number of hydrogen-bond donors (Lipinski definition) is 1. The number of ether oxygens (including phenoxy) is 1. The van der Waals surface area contributed by atoms with Crippen molar-refractivity contribution < 1.29 is 24.0 Å². The van der Waals surface area contributed by atoms with Crippen LogP contribution in [0.5, 0.6) is 11.5 Å². The summed E-state index contributed by atoms with van der Waals surface area (Å²) in [5, 5.41) is 21.9. The van der Waals surface area contributed by atoms with Crippen LogP contribution in [0.2, 0.25) is 5.02 Å². The predicted octanol–water partition coefficient (Wildman–Crippen LogP) is 3.87. The monoisotopic (exact) mass is 385 g/mol. The Kier molecular flexibility index (Phi) is 5.63. The standard InChI is InChI=1S/C14H10ClN2O7P/c1-2-8-5-11(17(20)21)14(25(22)23)7-13(8)24-12-4-3-9(15)6-10(12)16(18)19/h3-7H,2H2,1H3/p+1. The first-order chi connectivity index (χ1) is 11.7. The third-order valence-corrected chi connectivity index (χ3v) is 4.28. The molecule has 1 unspecified atom stereocenters. The van der Waals surface area contributed by atoms with Gasteiger partial charge < -0.3 is 4.74 Å². The van der Waals surface area contributed by atoms with E-state index in [0.717, 1.165) is 18.2 Å². The lowest BCUT2D eigenvalue weighted by molar-refractivity contribution is -0.385. The lowest BCUT2D eigenvalue weighted by atomic mass is 10.1. The van der Waals surface area contributed by atoms with Crippen molar-refractivity contribution in [3.05, 3.63) is 61.1 Å². The van der Waals surface area contributed by atoms with E-state index in [9.17, 15) is 29.7 Å². The van der Waals surface area contributed by atoms with Crippen molar-refractivity contribution in [3.63, 3.8) is 0 Å². The Balaban J connectivity index is 2.60. The maximum absolute atomic E-state index is 11.4. The Morgan fingerprint density at radius 3 is 2.28 bits per heavy atom. The minimum Gasteiger partial charge on any atom is -0.450 e. The van der Waals surface area contributed by atoms with E-state index in [1.54, 1.807) is 6.92 Å². The van der Waals surface area contributed by atoms with Gasteiger partial charge in [-0.1, -0.05) is 18.5 Å². The van der Waals surface area contributed by atoms with Crippen molar-refractivity contribution >= 4 is 36.3 Å². The molecule has 9 nitrogen and oxygen atoms in total. The first kappa shape index (κ1) is 18.7. The number of aryl methyl sites for hydroxylation is 1. The van der Waals surface area contributed by atoms with Gasteiger partial charge in [0, 0.05) is 28.8 Å². The van der Waals surface area contributed by atoms with Gasteiger partial charge in [0.2, 0.25) is 5.75 Å². The maximum Gasteiger partial charge on any atom is 0.553 e. The molecule has 0 radical (unpaired) electrons. The van der Waals surface area contributed by atoms with Crippen LogP contribution in [0.4, 0.5) is 11.4 Å². The van der Waals surface area contributed by atoms with Crippen molar-refractivity contribution in [2.24, 2.45) is 0 Å². The second-order valence-electron chi connectivity index (χ2n) is 4.80. The molecule has 0 aliphatic heterocycles. The molecule has 0 aromatic heterocycles. The van der Waals surface area contributed by atoms with Crippen LogP contribution in [0.25, 0.3) is 0 Å². The van der Waals surface area contributed by atoms with E-state index in [0.29, 0.717) is 12.0 Å². The molecule has 0 amide bonds. The van der Waals surface area contributed by atoms with E-state index in [-0.39, 0.29) is 16.5 Å². The highest BCUT2D eigenvalue weighted by molar-refractivity contribution is 7.47. The average molecular weight is 386 g/mol. The van der Waals surface area contributed by atoms with Gasteiger partial charge in [0.05, 0.1) is 9.85 Å². The third kappa shape index (κ3) is 4.08. The van der Waals surface area contributed by atoms with Crippen LogP contribution in [-0.2, 0) is 11.0 Å². The Morgan fingerprint density at radius 2 is 1.76 bits per heavy atom. The smallest absolute Gasteiger partial charge is 0.450 e. The van der Waals surface area contributed by atoms with Gasteiger partial charge in [-0.15, -0.1) is 0 Å². The maximum atomic E-state index is 11.4. The number of nitro groups is 2. The summed E-state index contributed by atoms with van der Waals surface area (Å²) in [4.78, 5) is 30.0. The molecular formula is C14H11ClN2O7P+. The van der Waals surface area contributed by atoms with Gasteiger partial charge in [-0.05, 0) is 23.1 Å². The highest BCUT2D eigenvalue weighted by atomic mass is 35.5. The van der Waals surface area contributed by atoms with Crippen LogP contribution in [0.1, 0.15) is 12.5 Å². The van der Waals surface area contributed by atoms with Crippen LogP contribution in [0.15, 0.2) is 30.3 Å². The summed E-state index contributed by atoms with van der Waals surface area (Å²) < 4.78 is 16.9. The summed E-state index contributed by atoms with van der Waals surface area (Å²) in [5.41, 5.74) is -0.558. The predicted molar refractivity (Wildman–Crippen MR) is 90.1 cm³/mol. The van der Waals surface area contributed by atoms with E-state index >= 15 is 0 Å². The van der Waals surface area contributed by atoms with Gasteiger partial charge in [0.25, 0.3) is 0 Å². The molecule has 0 fully saturated rings. The second kappa shape index (κ2) is 7.52. The molecule has 1 N–H and O–H groups in total. The fourth-order valence-corrected chi connectivity index (χ4v) is 2.85. The number of hydrogen-bond acceptors (Lipinski definition) is 6. The summed E-state index contributed by atoms with van der Waals surface area (Å²) in [6.07, 6.45) is 0.306. The normalized spacial score (nSPS) is 11.1. The van der Waals surface area contributed by atoms with Gasteiger partial charge in [0.15, 0.2) is 0 Å². The number of rotatable bonds is 6. The van der Waals surface area contributed by atoms with Crippen LogP contribution in [0.3, 0.4) is 0 Å². The Morgan fingerprint density at radius 1 is 1.12 bits per heavy atom. The molecule has 130 valence electrons. The first-order valence-corrected chi connectivity index (χ1v) is 8.42. The van der Waals surface area contributed by atoms with Crippen LogP contribution >= 0.6 is 19.6 Å². The van der Waals surface area contributed by atoms with Crippen molar-refractivity contribution in [3.8, 4) is 11.5 Å². The Labute approximate surface area is 147 Å². The molecule has 11 heteroatoms. The van der Waals surface area contributed by atoms with Crippen LogP contribution < -0.4 is 10.0 Å². The van der Waals surface area contributed by atoms with E-state index in [1.165, 1.54) is 12.1 Å². The molecule has 25 heavy (non-hydrogen) atoms. The highest BCUT2D eigenvalue weighted by Crippen LogP contribution is 2.37. The van der Waals surface area contributed by atoms with Gasteiger partial charge in [-0.25, -0.2) is 0 Å². The molecule has 0 heterocycles. The Hall–Kier alpha value is -2.61. The molecule has 2 aromatic rings. The van der Waals surface area contributed by atoms with Crippen molar-refractivity contribution in [1.82, 2.24) is 0 Å². The molecule has 1 atom stereocenters. The molecule has 2 aromatic carbocycles. The minimum atomic E-state index is -3.01. The molecule has 0 bridgehead atoms. The van der Waals surface area contributed by atoms with Crippen LogP contribution in [-0.4, -0.2) is 14.7 Å². The number of nitro benzene ring substituents is 2. The van der Waals surface area contributed by atoms with E-state index in [1.807, 2.05) is 0 Å². The third-order valence-electron chi connectivity index (χ3n) is 3.28.